The SMILES string of the molecule is C=C1COC(C#Cc2ccc(F)cc2)C1=C. The molecule has 0 bridgehead atoms. The Morgan fingerprint density at radius 1 is 1.25 bits per heavy atom. The van der Waals surface area contributed by atoms with Gasteiger partial charge in [-0.1, -0.05) is 25.0 Å². The maximum absolute atomic E-state index is 12.6. The molecule has 0 spiro atoms. The molecule has 1 fully saturated rings. The molecule has 0 radical (unpaired) electrons. The van der Waals surface area contributed by atoms with Gasteiger partial charge < -0.3 is 4.74 Å². The zero-order chi connectivity index (χ0) is 11.5. The van der Waals surface area contributed by atoms with Crippen LogP contribution in [0.2, 0.25) is 0 Å². The summed E-state index contributed by atoms with van der Waals surface area (Å²) in [5.74, 6) is 5.60. The van der Waals surface area contributed by atoms with Gasteiger partial charge in [0.25, 0.3) is 0 Å². The Hall–Kier alpha value is -1.85. The fraction of sp³-hybridized carbons (Fsp3) is 0.143. The van der Waals surface area contributed by atoms with Crippen LogP contribution in [0.25, 0.3) is 0 Å². The van der Waals surface area contributed by atoms with Crippen molar-refractivity contribution in [2.75, 3.05) is 6.61 Å². The van der Waals surface area contributed by atoms with Gasteiger partial charge in [0.15, 0.2) is 0 Å². The van der Waals surface area contributed by atoms with Crippen LogP contribution in [0.5, 0.6) is 0 Å². The number of hydrogen-bond donors (Lipinski definition) is 0. The van der Waals surface area contributed by atoms with Crippen LogP contribution < -0.4 is 0 Å². The third kappa shape index (κ3) is 2.21. The first-order chi connectivity index (χ1) is 7.66. The summed E-state index contributed by atoms with van der Waals surface area (Å²) in [6.07, 6.45) is -0.280. The minimum absolute atomic E-state index is 0.263. The Bertz CT molecular complexity index is 488. The van der Waals surface area contributed by atoms with E-state index in [2.05, 4.69) is 25.0 Å². The first kappa shape index (κ1) is 10.7. The van der Waals surface area contributed by atoms with E-state index in [1.54, 1.807) is 12.1 Å². The van der Waals surface area contributed by atoms with E-state index in [9.17, 15) is 4.39 Å². The molecule has 0 amide bonds. The summed E-state index contributed by atoms with van der Waals surface area (Å²) in [4.78, 5) is 0. The van der Waals surface area contributed by atoms with Crippen molar-refractivity contribution in [1.82, 2.24) is 0 Å². The minimum atomic E-state index is -0.280. The molecule has 80 valence electrons. The molecule has 0 N–H and O–H groups in total. The molecule has 2 rings (SSSR count). The molecule has 16 heavy (non-hydrogen) atoms. The van der Waals surface area contributed by atoms with Gasteiger partial charge in [-0.2, -0.15) is 0 Å². The lowest BCUT2D eigenvalue weighted by Gasteiger charge is -1.99. The standard InChI is InChI=1S/C14H11FO/c1-10-9-16-14(11(10)2)8-5-12-3-6-13(15)7-4-12/h3-4,6-7,14H,1-2,9H2. The van der Waals surface area contributed by atoms with Crippen molar-refractivity contribution in [2.45, 2.75) is 6.10 Å². The van der Waals surface area contributed by atoms with E-state index in [0.717, 1.165) is 16.7 Å². The van der Waals surface area contributed by atoms with Gasteiger partial charge in [-0.05, 0) is 35.4 Å². The third-order valence-electron chi connectivity index (χ3n) is 2.39. The molecule has 1 saturated heterocycles. The Balaban J connectivity index is 2.13. The number of ether oxygens (including phenoxy) is 1. The predicted molar refractivity (Wildman–Crippen MR) is 61.3 cm³/mol. The normalized spacial score (nSPS) is 19.4. The summed E-state index contributed by atoms with van der Waals surface area (Å²) in [6.45, 7) is 8.15. The molecular weight excluding hydrogens is 203 g/mol. The zero-order valence-corrected chi connectivity index (χ0v) is 8.79. The van der Waals surface area contributed by atoms with Gasteiger partial charge in [0.2, 0.25) is 0 Å². The van der Waals surface area contributed by atoms with Crippen molar-refractivity contribution in [3.63, 3.8) is 0 Å². The molecule has 1 aliphatic heterocycles. The monoisotopic (exact) mass is 214 g/mol. The van der Waals surface area contributed by atoms with Crippen LogP contribution in [0.3, 0.4) is 0 Å². The average Bonchev–Trinajstić information content (AvgIpc) is 2.60. The molecule has 0 saturated carbocycles. The highest BCUT2D eigenvalue weighted by molar-refractivity contribution is 5.43. The average molecular weight is 214 g/mol. The van der Waals surface area contributed by atoms with Crippen LogP contribution in [0.4, 0.5) is 4.39 Å². The first-order valence-electron chi connectivity index (χ1n) is 4.92. The van der Waals surface area contributed by atoms with Gasteiger partial charge in [-0.25, -0.2) is 4.39 Å². The predicted octanol–water partition coefficient (Wildman–Crippen LogP) is 2.69. The lowest BCUT2D eigenvalue weighted by Crippen LogP contribution is -2.02. The van der Waals surface area contributed by atoms with Crippen LogP contribution in [0.15, 0.2) is 48.6 Å². The summed E-state index contributed by atoms with van der Waals surface area (Å²) in [5.41, 5.74) is 2.48. The molecule has 0 aromatic heterocycles. The molecule has 1 nitrogen and oxygen atoms in total. The fourth-order valence-electron chi connectivity index (χ4n) is 1.37. The third-order valence-corrected chi connectivity index (χ3v) is 2.39. The quantitative estimate of drug-likeness (QED) is 0.603. The number of rotatable bonds is 0. The maximum atomic E-state index is 12.6. The van der Waals surface area contributed by atoms with E-state index < -0.39 is 0 Å². The van der Waals surface area contributed by atoms with Crippen molar-refractivity contribution in [2.24, 2.45) is 0 Å². The fourth-order valence-corrected chi connectivity index (χ4v) is 1.37. The van der Waals surface area contributed by atoms with E-state index in [-0.39, 0.29) is 11.9 Å². The molecule has 1 aromatic rings. The molecule has 0 aliphatic carbocycles. The van der Waals surface area contributed by atoms with Crippen molar-refractivity contribution in [3.05, 3.63) is 60.0 Å². The first-order valence-corrected chi connectivity index (χ1v) is 4.92. The minimum Gasteiger partial charge on any atom is -0.356 e. The summed E-state index contributed by atoms with van der Waals surface area (Å²) in [5, 5.41) is 0. The summed E-state index contributed by atoms with van der Waals surface area (Å²) < 4.78 is 18.0. The van der Waals surface area contributed by atoms with E-state index in [4.69, 9.17) is 4.74 Å². The van der Waals surface area contributed by atoms with Crippen molar-refractivity contribution < 1.29 is 9.13 Å². The Morgan fingerprint density at radius 2 is 1.94 bits per heavy atom. The highest BCUT2D eigenvalue weighted by Gasteiger charge is 2.20. The molecule has 1 aromatic carbocycles. The lowest BCUT2D eigenvalue weighted by atomic mass is 10.1. The van der Waals surface area contributed by atoms with Gasteiger partial charge in [-0.3, -0.25) is 0 Å². The van der Waals surface area contributed by atoms with Gasteiger partial charge in [0.05, 0.1) is 6.61 Å². The number of benzene rings is 1. The maximum Gasteiger partial charge on any atom is 0.143 e. The summed E-state index contributed by atoms with van der Waals surface area (Å²) in [6, 6.07) is 6.03. The highest BCUT2D eigenvalue weighted by atomic mass is 19.1. The smallest absolute Gasteiger partial charge is 0.143 e. The van der Waals surface area contributed by atoms with E-state index in [1.807, 2.05) is 0 Å². The van der Waals surface area contributed by atoms with Crippen LogP contribution in [0, 0.1) is 17.7 Å². The molecule has 2 heteroatoms. The van der Waals surface area contributed by atoms with Gasteiger partial charge in [0, 0.05) is 5.56 Å². The topological polar surface area (TPSA) is 9.23 Å². The van der Waals surface area contributed by atoms with Gasteiger partial charge in [-0.15, -0.1) is 0 Å². The Morgan fingerprint density at radius 3 is 2.50 bits per heavy atom. The molecule has 1 unspecified atom stereocenters. The van der Waals surface area contributed by atoms with Crippen LogP contribution in [-0.2, 0) is 4.74 Å². The van der Waals surface area contributed by atoms with Gasteiger partial charge in [0.1, 0.15) is 11.9 Å². The Labute approximate surface area is 94.2 Å². The van der Waals surface area contributed by atoms with Gasteiger partial charge >= 0.3 is 0 Å². The second kappa shape index (κ2) is 4.34. The summed E-state index contributed by atoms with van der Waals surface area (Å²) >= 11 is 0. The van der Waals surface area contributed by atoms with E-state index >= 15 is 0 Å². The highest BCUT2D eigenvalue weighted by Crippen LogP contribution is 2.21. The lowest BCUT2D eigenvalue weighted by molar-refractivity contribution is 0.170. The van der Waals surface area contributed by atoms with Crippen LogP contribution in [-0.4, -0.2) is 12.7 Å². The largest absolute Gasteiger partial charge is 0.356 e. The summed E-state index contributed by atoms with van der Waals surface area (Å²) in [7, 11) is 0. The molecule has 1 heterocycles. The molecular formula is C14H11FO. The van der Waals surface area contributed by atoms with E-state index in [0.29, 0.717) is 6.61 Å². The van der Waals surface area contributed by atoms with Crippen molar-refractivity contribution in [3.8, 4) is 11.8 Å². The van der Waals surface area contributed by atoms with E-state index in [1.165, 1.54) is 12.1 Å². The molecule has 1 atom stereocenters. The number of halogens is 1. The van der Waals surface area contributed by atoms with Crippen molar-refractivity contribution >= 4 is 0 Å². The van der Waals surface area contributed by atoms with Crippen LogP contribution in [0.1, 0.15) is 5.56 Å². The molecule has 1 aliphatic rings. The van der Waals surface area contributed by atoms with Crippen LogP contribution >= 0.6 is 0 Å². The Kier molecular flexibility index (Phi) is 2.89. The van der Waals surface area contributed by atoms with Crippen molar-refractivity contribution in [1.29, 1.82) is 0 Å². The second-order valence-corrected chi connectivity index (χ2v) is 3.60. The second-order valence-electron chi connectivity index (χ2n) is 3.60. The number of hydrogen-bond acceptors (Lipinski definition) is 1. The zero-order valence-electron chi connectivity index (χ0n) is 8.79.